The maximum absolute atomic E-state index is 11.5. The van der Waals surface area contributed by atoms with Gasteiger partial charge < -0.3 is 10.2 Å². The molecule has 0 aliphatic carbocycles. The van der Waals surface area contributed by atoms with Crippen molar-refractivity contribution in [2.45, 2.75) is 30.7 Å². The lowest BCUT2D eigenvalue weighted by Crippen LogP contribution is -2.17. The highest BCUT2D eigenvalue weighted by Gasteiger charge is 2.13. The van der Waals surface area contributed by atoms with E-state index in [4.69, 9.17) is 0 Å². The Labute approximate surface area is 141 Å². The quantitative estimate of drug-likeness (QED) is 0.893. The van der Waals surface area contributed by atoms with Crippen LogP contribution in [0, 0.1) is 0 Å². The third-order valence-electron chi connectivity index (χ3n) is 4.41. The molecule has 2 aromatic carbocycles. The highest BCUT2D eigenvalue weighted by Crippen LogP contribution is 2.26. The summed E-state index contributed by atoms with van der Waals surface area (Å²) in [5, 5.41) is 3.57. The van der Waals surface area contributed by atoms with Gasteiger partial charge in [-0.25, -0.2) is 0 Å². The predicted octanol–water partition coefficient (Wildman–Crippen LogP) is 4.20. The van der Waals surface area contributed by atoms with Crippen molar-refractivity contribution < 1.29 is 4.21 Å². The fraction of sp³-hybridized carbons (Fsp3) is 0.368. The molecule has 122 valence electrons. The SMILES string of the molecule is CC(Nc1cccc(N2CCCC2)c1)c1ccc(S(C)=O)cc1. The maximum Gasteiger partial charge on any atom is 0.0498 e. The summed E-state index contributed by atoms with van der Waals surface area (Å²) >= 11 is 0. The second-order valence-corrected chi connectivity index (χ2v) is 7.51. The van der Waals surface area contributed by atoms with E-state index in [0.717, 1.165) is 23.7 Å². The molecule has 0 spiro atoms. The van der Waals surface area contributed by atoms with E-state index in [1.165, 1.54) is 24.1 Å². The second-order valence-electron chi connectivity index (χ2n) is 6.13. The Bertz CT molecular complexity index is 678. The zero-order valence-corrected chi connectivity index (χ0v) is 14.6. The van der Waals surface area contributed by atoms with Crippen LogP contribution in [0.5, 0.6) is 0 Å². The van der Waals surface area contributed by atoms with Crippen LogP contribution in [0.2, 0.25) is 0 Å². The fourth-order valence-corrected chi connectivity index (χ4v) is 3.57. The average molecular weight is 328 g/mol. The van der Waals surface area contributed by atoms with Gasteiger partial charge in [-0.3, -0.25) is 4.21 Å². The third kappa shape index (κ3) is 3.94. The molecule has 1 aliphatic rings. The van der Waals surface area contributed by atoms with Gasteiger partial charge in [0.05, 0.1) is 0 Å². The molecule has 0 amide bonds. The van der Waals surface area contributed by atoms with E-state index in [1.807, 2.05) is 12.1 Å². The summed E-state index contributed by atoms with van der Waals surface area (Å²) in [5.41, 5.74) is 3.65. The molecule has 2 unspecified atom stereocenters. The first-order valence-electron chi connectivity index (χ1n) is 8.18. The van der Waals surface area contributed by atoms with Gasteiger partial charge >= 0.3 is 0 Å². The lowest BCUT2D eigenvalue weighted by Gasteiger charge is -2.21. The van der Waals surface area contributed by atoms with E-state index >= 15 is 0 Å². The molecular weight excluding hydrogens is 304 g/mol. The van der Waals surface area contributed by atoms with Gasteiger partial charge in [0.2, 0.25) is 0 Å². The first-order chi connectivity index (χ1) is 11.1. The molecule has 2 aromatic rings. The van der Waals surface area contributed by atoms with Gasteiger partial charge in [-0.2, -0.15) is 0 Å². The predicted molar refractivity (Wildman–Crippen MR) is 98.7 cm³/mol. The Morgan fingerprint density at radius 2 is 1.78 bits per heavy atom. The van der Waals surface area contributed by atoms with Crippen LogP contribution in [-0.2, 0) is 10.8 Å². The van der Waals surface area contributed by atoms with Crippen LogP contribution in [0.25, 0.3) is 0 Å². The van der Waals surface area contributed by atoms with Gasteiger partial charge in [0, 0.05) is 52.5 Å². The Morgan fingerprint density at radius 1 is 1.09 bits per heavy atom. The van der Waals surface area contributed by atoms with Gasteiger partial charge in [-0.1, -0.05) is 18.2 Å². The van der Waals surface area contributed by atoms with Crippen molar-refractivity contribution in [3.8, 4) is 0 Å². The largest absolute Gasteiger partial charge is 0.378 e. The summed E-state index contributed by atoms with van der Waals surface area (Å²) < 4.78 is 11.5. The molecular formula is C19H24N2OS. The highest BCUT2D eigenvalue weighted by molar-refractivity contribution is 7.84. The van der Waals surface area contributed by atoms with Crippen LogP contribution < -0.4 is 10.2 Å². The Morgan fingerprint density at radius 3 is 2.43 bits per heavy atom. The normalized spacial score (nSPS) is 17.0. The van der Waals surface area contributed by atoms with Crippen LogP contribution in [0.15, 0.2) is 53.4 Å². The molecule has 4 heteroatoms. The van der Waals surface area contributed by atoms with Crippen LogP contribution in [0.3, 0.4) is 0 Å². The van der Waals surface area contributed by atoms with E-state index in [-0.39, 0.29) is 6.04 Å². The molecule has 23 heavy (non-hydrogen) atoms. The van der Waals surface area contributed by atoms with Crippen LogP contribution in [0.1, 0.15) is 31.4 Å². The highest BCUT2D eigenvalue weighted by atomic mass is 32.2. The van der Waals surface area contributed by atoms with Crippen LogP contribution >= 0.6 is 0 Å². The van der Waals surface area contributed by atoms with Crippen molar-refractivity contribution in [1.82, 2.24) is 0 Å². The summed E-state index contributed by atoms with van der Waals surface area (Å²) in [4.78, 5) is 3.32. The smallest absolute Gasteiger partial charge is 0.0498 e. The van der Waals surface area contributed by atoms with Gasteiger partial charge in [0.1, 0.15) is 0 Å². The number of rotatable bonds is 5. The zero-order chi connectivity index (χ0) is 16.2. The van der Waals surface area contributed by atoms with E-state index in [2.05, 4.69) is 53.5 Å². The van der Waals surface area contributed by atoms with Crippen molar-refractivity contribution in [2.75, 3.05) is 29.6 Å². The summed E-state index contributed by atoms with van der Waals surface area (Å²) in [6.45, 7) is 4.48. The molecule has 3 rings (SSSR count). The summed E-state index contributed by atoms with van der Waals surface area (Å²) in [6.07, 6.45) is 4.29. The second kappa shape index (κ2) is 7.18. The van der Waals surface area contributed by atoms with Crippen LogP contribution in [0.4, 0.5) is 11.4 Å². The molecule has 0 radical (unpaired) electrons. The number of hydrogen-bond acceptors (Lipinski definition) is 3. The minimum absolute atomic E-state index is 0.211. The van der Waals surface area contributed by atoms with Gasteiger partial charge in [-0.05, 0) is 55.7 Å². The van der Waals surface area contributed by atoms with Crippen molar-refractivity contribution in [3.05, 3.63) is 54.1 Å². The number of benzene rings is 2. The first kappa shape index (κ1) is 16.1. The number of anilines is 2. The van der Waals surface area contributed by atoms with Gasteiger partial charge in [-0.15, -0.1) is 0 Å². The van der Waals surface area contributed by atoms with Gasteiger partial charge in [0.15, 0.2) is 0 Å². The van der Waals surface area contributed by atoms with E-state index < -0.39 is 10.8 Å². The van der Waals surface area contributed by atoms with Crippen LogP contribution in [-0.4, -0.2) is 23.6 Å². The Kier molecular flexibility index (Phi) is 5.01. The monoisotopic (exact) mass is 328 g/mol. The molecule has 1 fully saturated rings. The molecule has 1 N–H and O–H groups in total. The number of hydrogen-bond donors (Lipinski definition) is 1. The summed E-state index contributed by atoms with van der Waals surface area (Å²) in [6, 6.07) is 16.9. The standard InChI is InChI=1S/C19H24N2OS/c1-15(16-8-10-19(11-9-16)23(2)22)20-17-6-5-7-18(14-17)21-12-3-4-13-21/h5-11,14-15,20H,3-4,12-13H2,1-2H3. The minimum atomic E-state index is -0.919. The van der Waals surface area contributed by atoms with Crippen molar-refractivity contribution in [2.24, 2.45) is 0 Å². The summed E-state index contributed by atoms with van der Waals surface area (Å²) in [7, 11) is -0.919. The number of nitrogens with one attached hydrogen (secondary N) is 1. The minimum Gasteiger partial charge on any atom is -0.378 e. The molecule has 1 heterocycles. The maximum atomic E-state index is 11.5. The molecule has 0 bridgehead atoms. The van der Waals surface area contributed by atoms with E-state index in [1.54, 1.807) is 6.26 Å². The molecule has 3 nitrogen and oxygen atoms in total. The van der Waals surface area contributed by atoms with E-state index in [0.29, 0.717) is 0 Å². The zero-order valence-electron chi connectivity index (χ0n) is 13.8. The topological polar surface area (TPSA) is 32.3 Å². The first-order valence-corrected chi connectivity index (χ1v) is 9.74. The molecule has 1 aliphatic heterocycles. The fourth-order valence-electron chi connectivity index (χ4n) is 3.05. The number of nitrogens with zero attached hydrogens (tertiary/aromatic N) is 1. The van der Waals surface area contributed by atoms with E-state index in [9.17, 15) is 4.21 Å². The Hall–Kier alpha value is -1.81. The van der Waals surface area contributed by atoms with Crippen molar-refractivity contribution in [1.29, 1.82) is 0 Å². The molecule has 1 saturated heterocycles. The molecule has 0 saturated carbocycles. The van der Waals surface area contributed by atoms with Gasteiger partial charge in [0.25, 0.3) is 0 Å². The average Bonchev–Trinajstić information content (AvgIpc) is 3.10. The Balaban J connectivity index is 1.70. The van der Waals surface area contributed by atoms with Crippen molar-refractivity contribution in [3.63, 3.8) is 0 Å². The van der Waals surface area contributed by atoms with Crippen molar-refractivity contribution >= 4 is 22.2 Å². The summed E-state index contributed by atoms with van der Waals surface area (Å²) in [5.74, 6) is 0. The molecule has 2 atom stereocenters. The lowest BCUT2D eigenvalue weighted by molar-refractivity contribution is 0.686. The lowest BCUT2D eigenvalue weighted by atomic mass is 10.1. The third-order valence-corrected chi connectivity index (χ3v) is 5.35. The molecule has 0 aromatic heterocycles.